The van der Waals surface area contributed by atoms with Gasteiger partial charge in [0.2, 0.25) is 5.91 Å². The molecule has 0 bridgehead atoms. The van der Waals surface area contributed by atoms with Gasteiger partial charge in [0, 0.05) is 18.8 Å². The number of aromatic nitrogens is 3. The van der Waals surface area contributed by atoms with Gasteiger partial charge in [-0.1, -0.05) is 44.2 Å². The van der Waals surface area contributed by atoms with Gasteiger partial charge in [0.25, 0.3) is 5.91 Å². The summed E-state index contributed by atoms with van der Waals surface area (Å²) in [6, 6.07) is 9.91. The molecule has 0 fully saturated rings. The van der Waals surface area contributed by atoms with E-state index in [-0.39, 0.29) is 29.7 Å². The number of nitrogens with one attached hydrogen (secondary N) is 2. The third kappa shape index (κ3) is 11.3. The maximum absolute atomic E-state index is 12.8. The molecule has 0 unspecified atom stereocenters. The van der Waals surface area contributed by atoms with Crippen LogP contribution < -0.4 is 22.1 Å². The number of thioether (sulfide) groups is 2. The van der Waals surface area contributed by atoms with Crippen LogP contribution in [0.1, 0.15) is 36.3 Å². The first-order valence-corrected chi connectivity index (χ1v) is 14.1. The number of nitrogens with zero attached hydrogens (tertiary/aromatic N) is 5. The molecular formula is C26H30BN9O4S2. The summed E-state index contributed by atoms with van der Waals surface area (Å²) in [4.78, 5) is 37.9. The lowest BCUT2D eigenvalue weighted by Crippen LogP contribution is -2.55. The Bertz CT molecular complexity index is 1370. The fourth-order valence-electron chi connectivity index (χ4n) is 3.52. The van der Waals surface area contributed by atoms with E-state index < -0.39 is 30.9 Å². The van der Waals surface area contributed by atoms with Crippen molar-refractivity contribution in [2.45, 2.75) is 48.5 Å². The van der Waals surface area contributed by atoms with Gasteiger partial charge in [0.05, 0.1) is 21.9 Å². The summed E-state index contributed by atoms with van der Waals surface area (Å²) in [7, 11) is -1.69. The molecule has 1 aromatic carbocycles. The number of pyridine rings is 1. The maximum atomic E-state index is 12.8. The fourth-order valence-corrected chi connectivity index (χ4v) is 4.45. The van der Waals surface area contributed by atoms with Crippen LogP contribution in [0.5, 0.6) is 0 Å². The minimum Gasteiger partial charge on any atom is -0.426 e. The van der Waals surface area contributed by atoms with E-state index in [4.69, 9.17) is 22.0 Å². The number of carbonyl (C=O) groups excluding carboxylic acids is 2. The Kier molecular flexibility index (Phi) is 14.1. The lowest BCUT2D eigenvalue weighted by atomic mass is 9.75. The van der Waals surface area contributed by atoms with Crippen molar-refractivity contribution < 1.29 is 19.6 Å². The third-order valence-corrected chi connectivity index (χ3v) is 6.71. The molecule has 8 N–H and O–H groups in total. The summed E-state index contributed by atoms with van der Waals surface area (Å²) in [6.45, 7) is 3.83. The molecule has 0 aliphatic rings. The molecule has 0 spiro atoms. The lowest BCUT2D eigenvalue weighted by molar-refractivity contribution is -0.123. The molecular weight excluding hydrogens is 577 g/mol. The second kappa shape index (κ2) is 17.5. The van der Waals surface area contributed by atoms with Crippen LogP contribution in [0.3, 0.4) is 0 Å². The summed E-state index contributed by atoms with van der Waals surface area (Å²) in [5, 5.41) is 45.1. The van der Waals surface area contributed by atoms with Gasteiger partial charge in [-0.25, -0.2) is 9.97 Å². The largest absolute Gasteiger partial charge is 0.475 e. The highest BCUT2D eigenvalue weighted by molar-refractivity contribution is 8.04. The van der Waals surface area contributed by atoms with Crippen LogP contribution in [0.2, 0.25) is 0 Å². The maximum Gasteiger partial charge on any atom is 0.475 e. The van der Waals surface area contributed by atoms with E-state index in [1.807, 2.05) is 55.0 Å². The number of amides is 2. The Labute approximate surface area is 252 Å². The Morgan fingerprint density at radius 2 is 1.64 bits per heavy atom. The zero-order valence-corrected chi connectivity index (χ0v) is 24.5. The molecule has 13 nitrogen and oxygen atoms in total. The van der Waals surface area contributed by atoms with Crippen molar-refractivity contribution in [3.8, 4) is 10.8 Å². The monoisotopic (exact) mass is 607 g/mol. The molecule has 0 saturated heterocycles. The summed E-state index contributed by atoms with van der Waals surface area (Å²) >= 11 is 1.78. The van der Waals surface area contributed by atoms with Crippen molar-refractivity contribution >= 4 is 54.1 Å². The van der Waals surface area contributed by atoms with E-state index in [2.05, 4.69) is 25.6 Å². The normalized spacial score (nSPS) is 11.6. The van der Waals surface area contributed by atoms with Crippen molar-refractivity contribution in [1.29, 1.82) is 10.5 Å². The van der Waals surface area contributed by atoms with Gasteiger partial charge in [-0.15, -0.1) is 0 Å². The average molecular weight is 608 g/mol. The summed E-state index contributed by atoms with van der Waals surface area (Å²) in [5.74, 6) is -1.31. The Balaban J connectivity index is 0.000000369. The van der Waals surface area contributed by atoms with Crippen LogP contribution in [-0.4, -0.2) is 55.9 Å². The molecule has 0 saturated carbocycles. The highest BCUT2D eigenvalue weighted by Crippen LogP contribution is 2.31. The van der Waals surface area contributed by atoms with Crippen LogP contribution in [0.25, 0.3) is 0 Å². The van der Waals surface area contributed by atoms with E-state index in [9.17, 15) is 19.6 Å². The number of carbonyl (C=O) groups is 2. The van der Waals surface area contributed by atoms with Crippen LogP contribution in [0, 0.1) is 27.2 Å². The molecule has 218 valence electrons. The van der Waals surface area contributed by atoms with Crippen molar-refractivity contribution in [2.75, 3.05) is 11.5 Å². The Morgan fingerprint density at radius 3 is 2.14 bits per heavy atom. The highest BCUT2D eigenvalue weighted by Gasteiger charge is 2.30. The second-order valence-electron chi connectivity index (χ2n) is 9.11. The van der Waals surface area contributed by atoms with Crippen LogP contribution in [0.15, 0.2) is 64.8 Å². The predicted molar refractivity (Wildman–Crippen MR) is 161 cm³/mol. The van der Waals surface area contributed by atoms with E-state index in [1.165, 1.54) is 18.6 Å². The van der Waals surface area contributed by atoms with Gasteiger partial charge in [-0.05, 0) is 47.5 Å². The van der Waals surface area contributed by atoms with Crippen molar-refractivity contribution in [1.82, 2.24) is 25.6 Å². The quantitative estimate of drug-likeness (QED) is 0.104. The minimum atomic E-state index is -1.69. The molecule has 2 atom stereocenters. The van der Waals surface area contributed by atoms with Gasteiger partial charge < -0.3 is 32.1 Å². The van der Waals surface area contributed by atoms with Crippen LogP contribution in [0.4, 0.5) is 11.6 Å². The molecule has 2 aromatic heterocycles. The molecule has 16 heteroatoms. The van der Waals surface area contributed by atoms with Crippen molar-refractivity contribution in [3.05, 3.63) is 66.2 Å². The van der Waals surface area contributed by atoms with Crippen molar-refractivity contribution in [3.63, 3.8) is 0 Å². The molecule has 0 aliphatic heterocycles. The highest BCUT2D eigenvalue weighted by atomic mass is 32.2. The van der Waals surface area contributed by atoms with Gasteiger partial charge >= 0.3 is 7.12 Å². The van der Waals surface area contributed by atoms with Crippen LogP contribution in [-0.2, 0) is 11.2 Å². The first-order valence-electron chi connectivity index (χ1n) is 12.5. The number of hydrogen-bond donors (Lipinski definition) is 6. The molecule has 42 heavy (non-hydrogen) atoms. The predicted octanol–water partition coefficient (Wildman–Crippen LogP) is 1.75. The number of thiocyanates is 2. The summed E-state index contributed by atoms with van der Waals surface area (Å²) < 4.78 is 0. The standard InChI is InChI=1S/C19H25BN4O4.C7H5N5S2/c1-13(2)10-17(20(27)28)24-18(25)15(11-14-6-4-3-5-7-14)23-19(26)16-12-21-8-9-22-16;8-2-13-4-1-5(14-3-9)7(11)12-6(4)10/h3-9,12-13,15,17,27-28H,10-11H2,1-2H3,(H,23,26)(H,24,25);1H,(H4,10,11,12)/t15-,17-;/m0./s1. The number of nitrogen functional groups attached to an aromatic ring is 2. The Hall–Kier alpha value is -4.35. The number of nitriles is 2. The second-order valence-corrected chi connectivity index (χ2v) is 10.8. The van der Waals surface area contributed by atoms with E-state index >= 15 is 0 Å². The van der Waals surface area contributed by atoms with E-state index in [0.717, 1.165) is 29.1 Å². The third-order valence-electron chi connectivity index (χ3n) is 5.43. The molecule has 2 amide bonds. The number of anilines is 2. The lowest BCUT2D eigenvalue weighted by Gasteiger charge is -2.24. The number of hydrogen-bond acceptors (Lipinski definition) is 13. The van der Waals surface area contributed by atoms with Gasteiger partial charge in [0.15, 0.2) is 0 Å². The summed E-state index contributed by atoms with van der Waals surface area (Å²) in [5.41, 5.74) is 12.0. The molecule has 0 radical (unpaired) electrons. The number of nitrogens with two attached hydrogens (primary N) is 2. The van der Waals surface area contributed by atoms with Gasteiger partial charge in [-0.2, -0.15) is 10.5 Å². The first kappa shape index (κ1) is 33.9. The Morgan fingerprint density at radius 1 is 1.02 bits per heavy atom. The zero-order valence-electron chi connectivity index (χ0n) is 22.8. The SMILES string of the molecule is CC(C)C[C@H](NC(=O)[C@H](Cc1ccccc1)NC(=O)c1cnccn1)B(O)O.N#CSc1cc(SC#N)c(N)nc1N. The minimum absolute atomic E-state index is 0.0919. The molecule has 3 aromatic rings. The summed E-state index contributed by atoms with van der Waals surface area (Å²) in [6.07, 6.45) is 4.78. The number of benzene rings is 1. The first-order chi connectivity index (χ1) is 20.0. The van der Waals surface area contributed by atoms with E-state index in [0.29, 0.717) is 16.2 Å². The zero-order chi connectivity index (χ0) is 31.1. The van der Waals surface area contributed by atoms with Crippen LogP contribution >= 0.6 is 23.5 Å². The number of rotatable bonds is 11. The van der Waals surface area contributed by atoms with Crippen molar-refractivity contribution in [2.24, 2.45) is 5.92 Å². The molecule has 3 rings (SSSR count). The average Bonchev–Trinajstić information content (AvgIpc) is 2.96. The fraction of sp³-hybridized carbons (Fsp3) is 0.269. The molecule has 0 aliphatic carbocycles. The van der Waals surface area contributed by atoms with Gasteiger partial charge in [-0.3, -0.25) is 14.6 Å². The molecule has 2 heterocycles. The smallest absolute Gasteiger partial charge is 0.426 e. The topological polar surface area (TPSA) is 237 Å². The van der Waals surface area contributed by atoms with E-state index in [1.54, 1.807) is 6.07 Å². The van der Waals surface area contributed by atoms with Gasteiger partial charge in [0.1, 0.15) is 34.2 Å².